The summed E-state index contributed by atoms with van der Waals surface area (Å²) in [7, 11) is 0. The van der Waals surface area contributed by atoms with Crippen LogP contribution in [0.1, 0.15) is 34.7 Å². The number of benzene rings is 2. The zero-order valence-corrected chi connectivity index (χ0v) is 18.0. The van der Waals surface area contributed by atoms with Crippen molar-refractivity contribution < 1.29 is 9.47 Å². The molecule has 0 bridgehead atoms. The normalized spacial score (nSPS) is 10.3. The number of nitrogens with zero attached hydrogens (tertiary/aromatic N) is 5. The van der Waals surface area contributed by atoms with Gasteiger partial charge in [0.15, 0.2) is 0 Å². The number of aromatic nitrogens is 2. The van der Waals surface area contributed by atoms with Crippen molar-refractivity contribution in [1.82, 2.24) is 9.97 Å². The maximum absolute atomic E-state index is 9.17. The summed E-state index contributed by atoms with van der Waals surface area (Å²) in [6.45, 7) is 8.38. The Balaban J connectivity index is 1.99. The summed E-state index contributed by atoms with van der Waals surface area (Å²) in [6, 6.07) is 15.0. The van der Waals surface area contributed by atoms with Crippen LogP contribution in [0.25, 0.3) is 0 Å². The number of ether oxygens (including phenoxy) is 2. The van der Waals surface area contributed by atoms with Gasteiger partial charge in [-0.2, -0.15) is 15.5 Å². The summed E-state index contributed by atoms with van der Waals surface area (Å²) in [5.41, 5.74) is 4.45. The molecule has 3 rings (SSSR count). The molecule has 156 valence electrons. The average molecular weight is 413 g/mol. The first-order chi connectivity index (χ1) is 15.0. The van der Waals surface area contributed by atoms with Gasteiger partial charge in [0.1, 0.15) is 12.5 Å². The Morgan fingerprint density at radius 1 is 0.935 bits per heavy atom. The van der Waals surface area contributed by atoms with Crippen LogP contribution in [0.4, 0.5) is 11.6 Å². The van der Waals surface area contributed by atoms with Gasteiger partial charge in [0.2, 0.25) is 11.8 Å². The lowest BCUT2D eigenvalue weighted by molar-refractivity contribution is 0.153. The molecule has 0 fully saturated rings. The van der Waals surface area contributed by atoms with Crippen molar-refractivity contribution in [3.63, 3.8) is 0 Å². The predicted molar refractivity (Wildman–Crippen MR) is 117 cm³/mol. The number of nitriles is 2. The summed E-state index contributed by atoms with van der Waals surface area (Å²) in [6.07, 6.45) is 1.70. The average Bonchev–Trinajstić information content (AvgIpc) is 2.78. The van der Waals surface area contributed by atoms with Gasteiger partial charge in [-0.1, -0.05) is 0 Å². The number of hydrogen-bond donors (Lipinski definition) is 0. The van der Waals surface area contributed by atoms with E-state index in [1.165, 1.54) is 0 Å². The molecule has 0 atom stereocenters. The molecule has 1 heterocycles. The van der Waals surface area contributed by atoms with Crippen molar-refractivity contribution in [2.45, 2.75) is 27.7 Å². The van der Waals surface area contributed by atoms with E-state index in [9.17, 15) is 5.26 Å². The van der Waals surface area contributed by atoms with Crippen molar-refractivity contribution in [3.05, 3.63) is 70.4 Å². The van der Waals surface area contributed by atoms with Crippen LogP contribution >= 0.6 is 0 Å². The van der Waals surface area contributed by atoms with Crippen LogP contribution in [0.3, 0.4) is 0 Å². The molecule has 7 nitrogen and oxygen atoms in total. The van der Waals surface area contributed by atoms with Gasteiger partial charge in [-0.05, 0) is 75.2 Å². The summed E-state index contributed by atoms with van der Waals surface area (Å²) >= 11 is 0. The van der Waals surface area contributed by atoms with Crippen LogP contribution in [0.5, 0.6) is 11.6 Å². The summed E-state index contributed by atoms with van der Waals surface area (Å²) < 4.78 is 11.8. The second kappa shape index (κ2) is 9.71. The van der Waals surface area contributed by atoms with Gasteiger partial charge >= 0.3 is 0 Å². The molecule has 1 aromatic heterocycles. The number of anilines is 2. The third-order valence-electron chi connectivity index (χ3n) is 4.67. The van der Waals surface area contributed by atoms with Crippen molar-refractivity contribution >= 4 is 11.6 Å². The fourth-order valence-corrected chi connectivity index (χ4v) is 3.07. The molecule has 2 aromatic carbocycles. The highest BCUT2D eigenvalue weighted by Gasteiger charge is 2.17. The molecule has 0 amide bonds. The summed E-state index contributed by atoms with van der Waals surface area (Å²) in [5, 5.41) is 18.2. The third-order valence-corrected chi connectivity index (χ3v) is 4.67. The molecular weight excluding hydrogens is 390 g/mol. The minimum atomic E-state index is 0.250. The van der Waals surface area contributed by atoms with Gasteiger partial charge in [0, 0.05) is 24.1 Å². The smallest absolute Gasteiger partial charge is 0.235 e. The van der Waals surface area contributed by atoms with E-state index in [-0.39, 0.29) is 6.73 Å². The quantitative estimate of drug-likeness (QED) is 0.499. The SMILES string of the molecule is CCOCN(c1ccc(C#N)cc1)c1ncc(C)c(Oc2c(C)cc(C#N)cc2C)n1. The Hall–Kier alpha value is -3.94. The molecule has 7 heteroatoms. The molecule has 0 aliphatic heterocycles. The Kier molecular flexibility index (Phi) is 6.81. The molecule has 0 radical (unpaired) electrons. The highest BCUT2D eigenvalue weighted by Crippen LogP contribution is 2.32. The van der Waals surface area contributed by atoms with Gasteiger partial charge < -0.3 is 9.47 Å². The van der Waals surface area contributed by atoms with Crippen LogP contribution in [0, 0.1) is 43.4 Å². The number of hydrogen-bond acceptors (Lipinski definition) is 7. The minimum absolute atomic E-state index is 0.250. The van der Waals surface area contributed by atoms with E-state index in [0.29, 0.717) is 35.3 Å². The lowest BCUT2D eigenvalue weighted by atomic mass is 10.1. The van der Waals surface area contributed by atoms with Crippen LogP contribution in [0.15, 0.2) is 42.6 Å². The number of rotatable bonds is 7. The van der Waals surface area contributed by atoms with E-state index in [1.807, 2.05) is 44.7 Å². The van der Waals surface area contributed by atoms with Gasteiger partial charge in [0.25, 0.3) is 0 Å². The largest absolute Gasteiger partial charge is 0.438 e. The Morgan fingerprint density at radius 2 is 1.58 bits per heavy atom. The molecule has 31 heavy (non-hydrogen) atoms. The van der Waals surface area contributed by atoms with Crippen LogP contribution in [0.2, 0.25) is 0 Å². The highest BCUT2D eigenvalue weighted by atomic mass is 16.5. The maximum Gasteiger partial charge on any atom is 0.235 e. The predicted octanol–water partition coefficient (Wildman–Crippen LogP) is 5.07. The standard InChI is InChI=1S/C24H23N5O2/c1-5-30-15-29(21-8-6-19(12-25)7-9-21)24-27-14-18(4)23(28-24)31-22-16(2)10-20(13-26)11-17(22)3/h6-11,14H,5,15H2,1-4H3. The van der Waals surface area contributed by atoms with E-state index in [4.69, 9.17) is 14.7 Å². The van der Waals surface area contributed by atoms with E-state index >= 15 is 0 Å². The first-order valence-corrected chi connectivity index (χ1v) is 9.85. The van der Waals surface area contributed by atoms with Crippen LogP contribution in [-0.2, 0) is 4.74 Å². The fourth-order valence-electron chi connectivity index (χ4n) is 3.07. The second-order valence-corrected chi connectivity index (χ2v) is 7.02. The summed E-state index contributed by atoms with van der Waals surface area (Å²) in [4.78, 5) is 10.9. The fraction of sp³-hybridized carbons (Fsp3) is 0.250. The van der Waals surface area contributed by atoms with Crippen molar-refractivity contribution in [2.75, 3.05) is 18.2 Å². The molecule has 0 saturated carbocycles. The van der Waals surface area contributed by atoms with Crippen LogP contribution < -0.4 is 9.64 Å². The Morgan fingerprint density at radius 3 is 2.16 bits per heavy atom. The maximum atomic E-state index is 9.17. The van der Waals surface area contributed by atoms with Gasteiger partial charge in [-0.25, -0.2) is 4.98 Å². The molecular formula is C24H23N5O2. The molecule has 0 unspecified atom stereocenters. The first-order valence-electron chi connectivity index (χ1n) is 9.85. The van der Waals surface area contributed by atoms with Crippen molar-refractivity contribution in [3.8, 4) is 23.8 Å². The molecule has 3 aromatic rings. The molecule has 0 saturated heterocycles. The lowest BCUT2D eigenvalue weighted by Gasteiger charge is -2.23. The highest BCUT2D eigenvalue weighted by molar-refractivity contribution is 5.59. The van der Waals surface area contributed by atoms with E-state index in [1.54, 1.807) is 30.5 Å². The molecule has 0 spiro atoms. The zero-order valence-electron chi connectivity index (χ0n) is 18.0. The Bertz CT molecular complexity index is 1140. The number of aryl methyl sites for hydroxylation is 3. The Labute approximate surface area is 182 Å². The third kappa shape index (κ3) is 4.98. The van der Waals surface area contributed by atoms with E-state index in [2.05, 4.69) is 22.1 Å². The van der Waals surface area contributed by atoms with Gasteiger partial charge in [-0.15, -0.1) is 0 Å². The molecule has 0 aliphatic rings. The second-order valence-electron chi connectivity index (χ2n) is 7.02. The topological polar surface area (TPSA) is 95.1 Å². The van der Waals surface area contributed by atoms with E-state index < -0.39 is 0 Å². The minimum Gasteiger partial charge on any atom is -0.438 e. The molecule has 0 N–H and O–H groups in total. The molecule has 0 aliphatic carbocycles. The lowest BCUT2D eigenvalue weighted by Crippen LogP contribution is -2.23. The van der Waals surface area contributed by atoms with Crippen molar-refractivity contribution in [1.29, 1.82) is 10.5 Å². The van der Waals surface area contributed by atoms with Crippen molar-refractivity contribution in [2.24, 2.45) is 0 Å². The van der Waals surface area contributed by atoms with E-state index in [0.717, 1.165) is 22.4 Å². The van der Waals surface area contributed by atoms with Crippen LogP contribution in [-0.4, -0.2) is 23.3 Å². The summed E-state index contributed by atoms with van der Waals surface area (Å²) in [5.74, 6) is 1.51. The zero-order chi connectivity index (χ0) is 22.4. The van der Waals surface area contributed by atoms with Gasteiger partial charge in [-0.3, -0.25) is 4.90 Å². The monoisotopic (exact) mass is 413 g/mol. The van der Waals surface area contributed by atoms with Gasteiger partial charge in [0.05, 0.1) is 23.3 Å². The first kappa shape index (κ1) is 21.8.